The van der Waals surface area contributed by atoms with Crippen LogP contribution in [0.3, 0.4) is 0 Å². The van der Waals surface area contributed by atoms with Gasteiger partial charge >= 0.3 is 0 Å². The van der Waals surface area contributed by atoms with Crippen LogP contribution in [0.5, 0.6) is 0 Å². The van der Waals surface area contributed by atoms with Crippen LogP contribution in [-0.4, -0.2) is 15.5 Å². The molecule has 4 aliphatic rings. The van der Waals surface area contributed by atoms with E-state index in [1.54, 1.807) is 0 Å². The maximum Gasteiger partial charge on any atom is 0.171 e. The Hall–Kier alpha value is -1.56. The predicted octanol–water partition coefficient (Wildman–Crippen LogP) is 1.29. The van der Waals surface area contributed by atoms with Crippen LogP contribution in [0, 0.1) is 23.2 Å². The van der Waals surface area contributed by atoms with Gasteiger partial charge in [-0.05, 0) is 61.7 Å². The number of aromatic nitrogens is 2. The number of nitrogens with zero attached hydrogens (tertiary/aromatic N) is 3. The highest BCUT2D eigenvalue weighted by Crippen LogP contribution is 2.77. The van der Waals surface area contributed by atoms with Crippen LogP contribution in [0.25, 0.3) is 0 Å². The highest BCUT2D eigenvalue weighted by molar-refractivity contribution is 5.73. The molecule has 1 spiro atoms. The number of hydrogen-bond donors (Lipinski definition) is 3. The lowest BCUT2D eigenvalue weighted by molar-refractivity contribution is -0.000147. The Kier molecular flexibility index (Phi) is 1.96. The number of rotatable bonds is 2. The first-order valence-corrected chi connectivity index (χ1v) is 7.95. The minimum Gasteiger partial charge on any atom is -0.393 e. The summed E-state index contributed by atoms with van der Waals surface area (Å²) in [7, 11) is 0. The van der Waals surface area contributed by atoms with E-state index in [1.807, 2.05) is 5.01 Å². The van der Waals surface area contributed by atoms with E-state index in [-0.39, 0.29) is 5.54 Å². The molecule has 5 atom stereocenters. The van der Waals surface area contributed by atoms with Gasteiger partial charge in [0, 0.05) is 0 Å². The second kappa shape index (κ2) is 3.43. The first-order valence-electron chi connectivity index (χ1n) is 7.95. The Balaban J connectivity index is 1.57. The molecule has 0 saturated heterocycles. The Morgan fingerprint density at radius 3 is 2.81 bits per heavy atom. The zero-order valence-electron chi connectivity index (χ0n) is 12.1. The normalized spacial score (nSPS) is 45.5. The summed E-state index contributed by atoms with van der Waals surface area (Å²) < 4.78 is 0. The summed E-state index contributed by atoms with van der Waals surface area (Å²) in [5.74, 6) is 10.1. The summed E-state index contributed by atoms with van der Waals surface area (Å²) >= 11 is 0. The van der Waals surface area contributed by atoms with Gasteiger partial charge in [0.1, 0.15) is 12.0 Å². The van der Waals surface area contributed by atoms with Gasteiger partial charge in [-0.3, -0.25) is 5.01 Å². The van der Waals surface area contributed by atoms with Crippen molar-refractivity contribution in [1.82, 2.24) is 9.97 Å². The number of hydrogen-bond acceptors (Lipinski definition) is 6. The van der Waals surface area contributed by atoms with Crippen LogP contribution in [0.4, 0.5) is 17.3 Å². The van der Waals surface area contributed by atoms with Crippen molar-refractivity contribution in [1.29, 1.82) is 0 Å². The van der Waals surface area contributed by atoms with Crippen LogP contribution >= 0.6 is 0 Å². The van der Waals surface area contributed by atoms with Crippen molar-refractivity contribution in [2.75, 3.05) is 16.5 Å². The van der Waals surface area contributed by atoms with Gasteiger partial charge < -0.3 is 11.5 Å². The smallest absolute Gasteiger partial charge is 0.171 e. The molecule has 5 rings (SSSR count). The molecule has 0 aromatic carbocycles. The summed E-state index contributed by atoms with van der Waals surface area (Å²) in [6.07, 6.45) is 9.30. The fraction of sp³-hybridized carbons (Fsp3) is 0.733. The van der Waals surface area contributed by atoms with Crippen LogP contribution in [0.2, 0.25) is 0 Å². The predicted molar refractivity (Wildman–Crippen MR) is 80.9 cm³/mol. The van der Waals surface area contributed by atoms with Crippen LogP contribution in [0.15, 0.2) is 6.33 Å². The van der Waals surface area contributed by atoms with Gasteiger partial charge in [-0.25, -0.2) is 15.8 Å². The highest BCUT2D eigenvalue weighted by Gasteiger charge is 2.72. The molecule has 4 aliphatic carbocycles. The van der Waals surface area contributed by atoms with Gasteiger partial charge in [0.2, 0.25) is 0 Å². The molecule has 5 unspecified atom stereocenters. The summed E-state index contributed by atoms with van der Waals surface area (Å²) in [5, 5.41) is 1.86. The van der Waals surface area contributed by atoms with Gasteiger partial charge in [0.25, 0.3) is 0 Å². The number of hydrazine groups is 1. The molecule has 1 heterocycles. The average Bonchev–Trinajstić information content (AvgIpc) is 2.77. The molecule has 0 aliphatic heterocycles. The molecule has 6 N–H and O–H groups in total. The lowest BCUT2D eigenvalue weighted by atomic mass is 9.56. The van der Waals surface area contributed by atoms with E-state index in [0.29, 0.717) is 22.7 Å². The third kappa shape index (κ3) is 1.24. The number of fused-ring (bicyclic) bond motifs is 2. The second-order valence-electron chi connectivity index (χ2n) is 7.84. The summed E-state index contributed by atoms with van der Waals surface area (Å²) in [6, 6.07) is 0. The molecular formula is C15H22N6. The first kappa shape index (κ1) is 12.0. The minimum atomic E-state index is 0.0355. The van der Waals surface area contributed by atoms with Gasteiger partial charge in [-0.15, -0.1) is 0 Å². The Labute approximate surface area is 124 Å². The van der Waals surface area contributed by atoms with E-state index in [9.17, 15) is 0 Å². The Morgan fingerprint density at radius 1 is 1.10 bits per heavy atom. The maximum atomic E-state index is 6.55. The number of anilines is 3. The van der Waals surface area contributed by atoms with Gasteiger partial charge in [-0.1, -0.05) is 0 Å². The van der Waals surface area contributed by atoms with E-state index in [1.165, 1.54) is 44.9 Å². The molecule has 0 radical (unpaired) electrons. The van der Waals surface area contributed by atoms with Crippen LogP contribution in [-0.2, 0) is 0 Å². The number of nitrogen functional groups attached to an aromatic ring is 2. The summed E-state index contributed by atoms with van der Waals surface area (Å²) in [4.78, 5) is 8.27. The second-order valence-corrected chi connectivity index (χ2v) is 7.84. The van der Waals surface area contributed by atoms with Crippen molar-refractivity contribution in [3.05, 3.63) is 6.33 Å². The van der Waals surface area contributed by atoms with Crippen molar-refractivity contribution < 1.29 is 0 Å². The lowest BCUT2D eigenvalue weighted by Gasteiger charge is -2.49. The molecule has 3 bridgehead atoms. The SMILES string of the molecule is Nc1ncnc(N(N)C23CC4CC5CC(C2)C5(C4)C3)c1N. The first-order chi connectivity index (χ1) is 10.0. The third-order valence-electron chi connectivity index (χ3n) is 7.07. The largest absolute Gasteiger partial charge is 0.393 e. The van der Waals surface area contributed by atoms with Gasteiger partial charge in [0.15, 0.2) is 11.6 Å². The average molecular weight is 286 g/mol. The minimum absolute atomic E-state index is 0.0355. The lowest BCUT2D eigenvalue weighted by Crippen LogP contribution is -2.55. The molecule has 1 aromatic rings. The monoisotopic (exact) mass is 286 g/mol. The fourth-order valence-electron chi connectivity index (χ4n) is 6.41. The van der Waals surface area contributed by atoms with E-state index < -0.39 is 0 Å². The molecule has 4 saturated carbocycles. The van der Waals surface area contributed by atoms with Crippen LogP contribution in [0.1, 0.15) is 38.5 Å². The third-order valence-corrected chi connectivity index (χ3v) is 7.07. The Morgan fingerprint density at radius 2 is 1.95 bits per heavy atom. The van der Waals surface area contributed by atoms with E-state index >= 15 is 0 Å². The van der Waals surface area contributed by atoms with Crippen molar-refractivity contribution in [2.45, 2.75) is 44.1 Å². The molecule has 6 heteroatoms. The standard InChI is InChI=1S/C15H22N6/c16-11-12(17)19-7-20-13(11)21(18)14-3-8-1-9-2-10(5-14)15(9,4-8)6-14/h7-10H,1-6,16,18H2,(H2,17,19,20). The molecule has 6 nitrogen and oxygen atoms in total. The number of nitrogens with two attached hydrogens (primary N) is 3. The van der Waals surface area contributed by atoms with Crippen molar-refractivity contribution >= 4 is 17.3 Å². The topological polar surface area (TPSA) is 107 Å². The van der Waals surface area contributed by atoms with E-state index in [2.05, 4.69) is 9.97 Å². The summed E-state index contributed by atoms with van der Waals surface area (Å²) in [6.45, 7) is 0. The maximum absolute atomic E-state index is 6.55. The zero-order valence-corrected chi connectivity index (χ0v) is 12.1. The van der Waals surface area contributed by atoms with Crippen molar-refractivity contribution in [2.24, 2.45) is 29.0 Å². The van der Waals surface area contributed by atoms with Crippen molar-refractivity contribution in [3.63, 3.8) is 0 Å². The molecule has 1 aromatic heterocycles. The molecule has 0 amide bonds. The van der Waals surface area contributed by atoms with Gasteiger partial charge in [0.05, 0.1) is 5.54 Å². The van der Waals surface area contributed by atoms with E-state index in [4.69, 9.17) is 17.3 Å². The molecule has 21 heavy (non-hydrogen) atoms. The fourth-order valence-corrected chi connectivity index (χ4v) is 6.41. The zero-order chi connectivity index (χ0) is 14.4. The van der Waals surface area contributed by atoms with Crippen molar-refractivity contribution in [3.8, 4) is 0 Å². The van der Waals surface area contributed by atoms with E-state index in [0.717, 1.165) is 17.8 Å². The molecule has 4 fully saturated rings. The van der Waals surface area contributed by atoms with Gasteiger partial charge in [-0.2, -0.15) is 0 Å². The molecular weight excluding hydrogens is 264 g/mol. The molecule has 112 valence electrons. The highest BCUT2D eigenvalue weighted by atomic mass is 15.5. The summed E-state index contributed by atoms with van der Waals surface area (Å²) in [5.41, 5.74) is 12.9. The Bertz CT molecular complexity index is 629. The quantitative estimate of drug-likeness (QED) is 0.558. The van der Waals surface area contributed by atoms with Crippen LogP contribution < -0.4 is 22.3 Å².